The van der Waals surface area contributed by atoms with Gasteiger partial charge in [0.25, 0.3) is 11.7 Å². The molecule has 7 nitrogen and oxygen atoms in total. The largest absolute Gasteiger partial charge is 0.507 e. The van der Waals surface area contributed by atoms with E-state index in [2.05, 4.69) is 25.3 Å². The van der Waals surface area contributed by atoms with Crippen molar-refractivity contribution in [3.63, 3.8) is 0 Å². The van der Waals surface area contributed by atoms with Gasteiger partial charge in [0.1, 0.15) is 23.9 Å². The van der Waals surface area contributed by atoms with Gasteiger partial charge in [0.05, 0.1) is 18.2 Å². The Labute approximate surface area is 213 Å². The van der Waals surface area contributed by atoms with Crippen molar-refractivity contribution in [3.05, 3.63) is 77.9 Å². The smallest absolute Gasteiger partial charge is 0.295 e. The average Bonchev–Trinajstić information content (AvgIpc) is 3.15. The molecule has 1 amide bonds. The normalized spacial score (nSPS) is 17.0. The Kier molecular flexibility index (Phi) is 9.70. The second-order valence-corrected chi connectivity index (χ2v) is 8.50. The lowest BCUT2D eigenvalue weighted by Gasteiger charge is -2.27. The number of carbonyl (C=O) groups is 2. The summed E-state index contributed by atoms with van der Waals surface area (Å²) in [5.41, 5.74) is 1.22. The molecule has 0 radical (unpaired) electrons. The summed E-state index contributed by atoms with van der Waals surface area (Å²) < 4.78 is 11.2. The molecule has 0 bridgehead atoms. The molecule has 36 heavy (non-hydrogen) atoms. The Morgan fingerprint density at radius 3 is 2.42 bits per heavy atom. The number of hydrogen-bond donors (Lipinski definition) is 1. The number of benzene rings is 2. The molecule has 1 fully saturated rings. The Balaban J connectivity index is 2.03. The van der Waals surface area contributed by atoms with Gasteiger partial charge in [0.15, 0.2) is 0 Å². The maximum Gasteiger partial charge on any atom is 0.295 e. The van der Waals surface area contributed by atoms with E-state index in [1.807, 2.05) is 31.2 Å². The molecule has 0 saturated carbocycles. The van der Waals surface area contributed by atoms with E-state index >= 15 is 0 Å². The van der Waals surface area contributed by atoms with Crippen molar-refractivity contribution in [2.75, 3.05) is 39.4 Å². The molecule has 0 spiro atoms. The van der Waals surface area contributed by atoms with Gasteiger partial charge in [0, 0.05) is 12.1 Å². The standard InChI is InChI=1S/C29H36N2O5/c1-5-19-36-24-12-9-11-22(20-24)26-25(27(32)21-13-15-23(16-14-21)35-8-4)28(33)29(34)31(26)18-10-17-30(6-2)7-3/h5,9,11-16,20,26,32H,1,6-8,10,17-19H2,2-4H3/b27-25-. The number of aliphatic hydroxyl groups is 1. The third-order valence-corrected chi connectivity index (χ3v) is 6.29. The van der Waals surface area contributed by atoms with E-state index in [9.17, 15) is 14.7 Å². The van der Waals surface area contributed by atoms with Crippen molar-refractivity contribution >= 4 is 17.4 Å². The molecule has 7 heteroatoms. The quantitative estimate of drug-likeness (QED) is 0.187. The summed E-state index contributed by atoms with van der Waals surface area (Å²) in [6.07, 6.45) is 2.36. The minimum Gasteiger partial charge on any atom is -0.507 e. The van der Waals surface area contributed by atoms with Crippen molar-refractivity contribution in [2.24, 2.45) is 0 Å². The average molecular weight is 493 g/mol. The summed E-state index contributed by atoms with van der Waals surface area (Å²) in [5, 5.41) is 11.3. The highest BCUT2D eigenvalue weighted by Gasteiger charge is 2.45. The second kappa shape index (κ2) is 12.9. The van der Waals surface area contributed by atoms with Crippen LogP contribution in [0.3, 0.4) is 0 Å². The summed E-state index contributed by atoms with van der Waals surface area (Å²) in [5.74, 6) is -0.238. The molecule has 0 aliphatic carbocycles. The van der Waals surface area contributed by atoms with E-state index in [1.54, 1.807) is 35.2 Å². The van der Waals surface area contributed by atoms with Crippen LogP contribution < -0.4 is 9.47 Å². The van der Waals surface area contributed by atoms with Crippen LogP contribution in [0.2, 0.25) is 0 Å². The van der Waals surface area contributed by atoms with Gasteiger partial charge in [-0.1, -0.05) is 38.6 Å². The molecule has 1 saturated heterocycles. The second-order valence-electron chi connectivity index (χ2n) is 8.50. The highest BCUT2D eigenvalue weighted by molar-refractivity contribution is 6.46. The molecule has 1 aliphatic heterocycles. The molecule has 3 rings (SSSR count). The molecule has 1 atom stereocenters. The van der Waals surface area contributed by atoms with Crippen LogP contribution in [0.15, 0.2) is 66.8 Å². The number of ketones is 1. The van der Waals surface area contributed by atoms with Gasteiger partial charge in [-0.2, -0.15) is 0 Å². The van der Waals surface area contributed by atoms with Gasteiger partial charge in [-0.05, 0) is 74.9 Å². The number of amides is 1. The SMILES string of the molecule is C=CCOc1cccc(C2/C(=C(/O)c3ccc(OCC)cc3)C(=O)C(=O)N2CCCN(CC)CC)c1. The van der Waals surface area contributed by atoms with Crippen LogP contribution in [-0.2, 0) is 9.59 Å². The van der Waals surface area contributed by atoms with Crippen molar-refractivity contribution in [3.8, 4) is 11.5 Å². The zero-order chi connectivity index (χ0) is 26.1. The van der Waals surface area contributed by atoms with Crippen LogP contribution in [0.4, 0.5) is 0 Å². The molecule has 1 unspecified atom stereocenters. The van der Waals surface area contributed by atoms with E-state index in [1.165, 1.54) is 0 Å². The number of Topliss-reactive ketones (excluding diaryl/α,β-unsaturated/α-hetero) is 1. The van der Waals surface area contributed by atoms with Crippen LogP contribution in [0.1, 0.15) is 44.4 Å². The van der Waals surface area contributed by atoms with Gasteiger partial charge < -0.3 is 24.4 Å². The zero-order valence-electron chi connectivity index (χ0n) is 21.4. The number of hydrogen-bond acceptors (Lipinski definition) is 6. The molecule has 1 aliphatic rings. The van der Waals surface area contributed by atoms with E-state index in [0.717, 1.165) is 19.6 Å². The fraction of sp³-hybridized carbons (Fsp3) is 0.379. The van der Waals surface area contributed by atoms with Crippen LogP contribution in [0.25, 0.3) is 5.76 Å². The van der Waals surface area contributed by atoms with E-state index in [-0.39, 0.29) is 11.3 Å². The summed E-state index contributed by atoms with van der Waals surface area (Å²) in [4.78, 5) is 30.3. The van der Waals surface area contributed by atoms with Gasteiger partial charge in [-0.15, -0.1) is 0 Å². The molecule has 1 N–H and O–H groups in total. The lowest BCUT2D eigenvalue weighted by Crippen LogP contribution is -2.33. The Bertz CT molecular complexity index is 1090. The molecule has 2 aromatic rings. The topological polar surface area (TPSA) is 79.3 Å². The Hall–Kier alpha value is -3.58. The highest BCUT2D eigenvalue weighted by atomic mass is 16.5. The first kappa shape index (κ1) is 27.0. The van der Waals surface area contributed by atoms with E-state index < -0.39 is 17.7 Å². The Morgan fingerprint density at radius 1 is 1.06 bits per heavy atom. The summed E-state index contributed by atoms with van der Waals surface area (Å²) >= 11 is 0. The minimum atomic E-state index is -0.722. The molecule has 2 aromatic carbocycles. The molecule has 0 aromatic heterocycles. The highest BCUT2D eigenvalue weighted by Crippen LogP contribution is 2.40. The minimum absolute atomic E-state index is 0.0767. The Morgan fingerprint density at radius 2 is 1.78 bits per heavy atom. The van der Waals surface area contributed by atoms with E-state index in [4.69, 9.17) is 9.47 Å². The number of ether oxygens (including phenoxy) is 2. The maximum atomic E-state index is 13.3. The molecule has 192 valence electrons. The predicted octanol–water partition coefficient (Wildman–Crippen LogP) is 4.80. The lowest BCUT2D eigenvalue weighted by molar-refractivity contribution is -0.140. The number of aliphatic hydroxyl groups excluding tert-OH is 1. The van der Waals surface area contributed by atoms with Crippen molar-refractivity contribution in [1.29, 1.82) is 0 Å². The first-order valence-corrected chi connectivity index (χ1v) is 12.5. The summed E-state index contributed by atoms with van der Waals surface area (Å²) in [7, 11) is 0. The fourth-order valence-corrected chi connectivity index (χ4v) is 4.42. The monoisotopic (exact) mass is 492 g/mol. The van der Waals surface area contributed by atoms with E-state index in [0.29, 0.717) is 48.8 Å². The third kappa shape index (κ3) is 6.15. The fourth-order valence-electron chi connectivity index (χ4n) is 4.42. The zero-order valence-corrected chi connectivity index (χ0v) is 21.4. The molecular formula is C29H36N2O5. The van der Waals surface area contributed by atoms with Gasteiger partial charge in [0.2, 0.25) is 0 Å². The first-order chi connectivity index (χ1) is 17.4. The summed E-state index contributed by atoms with van der Waals surface area (Å²) in [6.45, 7) is 13.7. The van der Waals surface area contributed by atoms with Gasteiger partial charge >= 0.3 is 0 Å². The van der Waals surface area contributed by atoms with Crippen LogP contribution in [0, 0.1) is 0 Å². The van der Waals surface area contributed by atoms with Gasteiger partial charge in [-0.3, -0.25) is 9.59 Å². The van der Waals surface area contributed by atoms with Crippen LogP contribution in [-0.4, -0.2) is 66.0 Å². The van der Waals surface area contributed by atoms with Crippen molar-refractivity contribution in [1.82, 2.24) is 9.80 Å². The van der Waals surface area contributed by atoms with Gasteiger partial charge in [-0.25, -0.2) is 0 Å². The summed E-state index contributed by atoms with van der Waals surface area (Å²) in [6, 6.07) is 13.4. The predicted molar refractivity (Wildman–Crippen MR) is 141 cm³/mol. The number of carbonyl (C=O) groups excluding carboxylic acids is 2. The van der Waals surface area contributed by atoms with Crippen LogP contribution >= 0.6 is 0 Å². The number of nitrogens with zero attached hydrogens (tertiary/aromatic N) is 2. The number of likely N-dealkylation sites (tertiary alicyclic amines) is 1. The van der Waals surface area contributed by atoms with Crippen LogP contribution in [0.5, 0.6) is 11.5 Å². The van der Waals surface area contributed by atoms with Crippen molar-refractivity contribution in [2.45, 2.75) is 33.2 Å². The maximum absolute atomic E-state index is 13.3. The molecule has 1 heterocycles. The first-order valence-electron chi connectivity index (χ1n) is 12.5. The number of rotatable bonds is 13. The third-order valence-electron chi connectivity index (χ3n) is 6.29. The van der Waals surface area contributed by atoms with Crippen molar-refractivity contribution < 1.29 is 24.2 Å². The lowest BCUT2D eigenvalue weighted by atomic mass is 9.95. The molecular weight excluding hydrogens is 456 g/mol.